The maximum atomic E-state index is 5.67. The zero-order valence-electron chi connectivity index (χ0n) is 10.3. The molecule has 1 fully saturated rings. The fraction of sp³-hybridized carbons (Fsp3) is 0.615. The summed E-state index contributed by atoms with van der Waals surface area (Å²) in [6, 6.07) is 3.94. The molecular weight excluding hydrogens is 216 g/mol. The summed E-state index contributed by atoms with van der Waals surface area (Å²) in [5.74, 6) is 0.819. The van der Waals surface area contributed by atoms with Gasteiger partial charge in [0.25, 0.3) is 0 Å². The first-order valence-corrected chi connectivity index (χ1v) is 6.22. The smallest absolute Gasteiger partial charge is 0.137 e. The van der Waals surface area contributed by atoms with Gasteiger partial charge < -0.3 is 14.8 Å². The zero-order valence-corrected chi connectivity index (χ0v) is 10.3. The molecule has 4 heteroatoms. The molecule has 1 atom stereocenters. The molecule has 0 bridgehead atoms. The van der Waals surface area contributed by atoms with Gasteiger partial charge in [0, 0.05) is 13.2 Å². The van der Waals surface area contributed by atoms with Crippen LogP contribution in [0.1, 0.15) is 25.0 Å². The summed E-state index contributed by atoms with van der Waals surface area (Å²) in [5.41, 5.74) is 1.02. The number of aromatic nitrogens is 1. The van der Waals surface area contributed by atoms with Crippen molar-refractivity contribution in [2.75, 3.05) is 20.3 Å². The first-order valence-electron chi connectivity index (χ1n) is 6.22. The van der Waals surface area contributed by atoms with E-state index in [4.69, 9.17) is 9.47 Å². The number of rotatable bonds is 5. The monoisotopic (exact) mass is 236 g/mol. The minimum atomic E-state index is 0.251. The van der Waals surface area contributed by atoms with E-state index in [1.165, 1.54) is 12.8 Å². The highest BCUT2D eigenvalue weighted by molar-refractivity contribution is 5.19. The van der Waals surface area contributed by atoms with Crippen LogP contribution in [0, 0.1) is 0 Å². The number of nitrogens with zero attached hydrogens (tertiary/aromatic N) is 1. The van der Waals surface area contributed by atoms with Gasteiger partial charge in [-0.3, -0.25) is 4.98 Å². The molecule has 1 aromatic heterocycles. The van der Waals surface area contributed by atoms with Crippen LogP contribution in [0.15, 0.2) is 18.3 Å². The molecule has 2 rings (SSSR count). The molecule has 0 radical (unpaired) electrons. The van der Waals surface area contributed by atoms with E-state index in [1.807, 2.05) is 19.2 Å². The Hall–Kier alpha value is -1.13. The third-order valence-electron chi connectivity index (χ3n) is 2.87. The van der Waals surface area contributed by atoms with Gasteiger partial charge in [-0.05, 0) is 38.4 Å². The predicted octanol–water partition coefficient (Wildman–Crippen LogP) is 1.75. The molecule has 4 nitrogen and oxygen atoms in total. The lowest BCUT2D eigenvalue weighted by Crippen LogP contribution is -2.25. The summed E-state index contributed by atoms with van der Waals surface area (Å²) in [6.45, 7) is 2.28. The van der Waals surface area contributed by atoms with Gasteiger partial charge in [0.1, 0.15) is 12.4 Å². The first kappa shape index (κ1) is 12.3. The van der Waals surface area contributed by atoms with E-state index in [-0.39, 0.29) is 6.10 Å². The lowest BCUT2D eigenvalue weighted by atomic mass is 10.1. The molecule has 0 amide bonds. The summed E-state index contributed by atoms with van der Waals surface area (Å²) in [4.78, 5) is 4.30. The average Bonchev–Trinajstić information content (AvgIpc) is 2.40. The number of hydrogen-bond acceptors (Lipinski definition) is 4. The van der Waals surface area contributed by atoms with Crippen molar-refractivity contribution in [2.24, 2.45) is 0 Å². The Bertz CT molecular complexity index is 321. The minimum absolute atomic E-state index is 0.251. The summed E-state index contributed by atoms with van der Waals surface area (Å²) in [7, 11) is 1.91. The van der Waals surface area contributed by atoms with Gasteiger partial charge in [-0.25, -0.2) is 0 Å². The number of hydrogen-bond donors (Lipinski definition) is 1. The van der Waals surface area contributed by atoms with Crippen molar-refractivity contribution in [1.29, 1.82) is 0 Å². The summed E-state index contributed by atoms with van der Waals surface area (Å²) >= 11 is 0. The van der Waals surface area contributed by atoms with Gasteiger partial charge in [-0.1, -0.05) is 0 Å². The fourth-order valence-electron chi connectivity index (χ4n) is 1.91. The largest absolute Gasteiger partial charge is 0.489 e. The van der Waals surface area contributed by atoms with Crippen LogP contribution < -0.4 is 10.1 Å². The molecule has 17 heavy (non-hydrogen) atoms. The number of pyridine rings is 1. The number of nitrogens with one attached hydrogen (secondary N) is 1. The Balaban J connectivity index is 1.77. The quantitative estimate of drug-likeness (QED) is 0.846. The van der Waals surface area contributed by atoms with Gasteiger partial charge >= 0.3 is 0 Å². The van der Waals surface area contributed by atoms with Crippen LogP contribution in [0.25, 0.3) is 0 Å². The Kier molecular flexibility index (Phi) is 4.76. The molecular formula is C13H20N2O2. The number of ether oxygens (including phenoxy) is 2. The van der Waals surface area contributed by atoms with E-state index in [0.717, 1.165) is 31.0 Å². The van der Waals surface area contributed by atoms with Crippen molar-refractivity contribution in [3.8, 4) is 5.75 Å². The van der Waals surface area contributed by atoms with Crippen molar-refractivity contribution in [3.05, 3.63) is 24.0 Å². The maximum Gasteiger partial charge on any atom is 0.137 e. The molecule has 0 aromatic carbocycles. The highest BCUT2D eigenvalue weighted by Gasteiger charge is 2.14. The van der Waals surface area contributed by atoms with Crippen LogP contribution in [0.4, 0.5) is 0 Å². The van der Waals surface area contributed by atoms with Gasteiger partial charge in [0.05, 0.1) is 18.0 Å². The minimum Gasteiger partial charge on any atom is -0.489 e. The molecule has 2 heterocycles. The molecule has 1 aromatic rings. The zero-order chi connectivity index (χ0) is 11.9. The highest BCUT2D eigenvalue weighted by Crippen LogP contribution is 2.15. The van der Waals surface area contributed by atoms with Gasteiger partial charge in [-0.15, -0.1) is 0 Å². The van der Waals surface area contributed by atoms with Crippen LogP contribution in [0.2, 0.25) is 0 Å². The predicted molar refractivity (Wildman–Crippen MR) is 66.1 cm³/mol. The molecule has 1 saturated heterocycles. The van der Waals surface area contributed by atoms with Crippen LogP contribution >= 0.6 is 0 Å². The first-order chi connectivity index (χ1) is 8.38. The van der Waals surface area contributed by atoms with Crippen molar-refractivity contribution >= 4 is 0 Å². The van der Waals surface area contributed by atoms with Gasteiger partial charge in [-0.2, -0.15) is 0 Å². The van der Waals surface area contributed by atoms with Crippen LogP contribution in [-0.2, 0) is 11.3 Å². The van der Waals surface area contributed by atoms with E-state index in [0.29, 0.717) is 6.61 Å². The third-order valence-corrected chi connectivity index (χ3v) is 2.87. The van der Waals surface area contributed by atoms with Gasteiger partial charge in [0.2, 0.25) is 0 Å². The van der Waals surface area contributed by atoms with Gasteiger partial charge in [0.15, 0.2) is 0 Å². The lowest BCUT2D eigenvalue weighted by Gasteiger charge is -2.22. The van der Waals surface area contributed by atoms with Crippen molar-refractivity contribution in [2.45, 2.75) is 31.9 Å². The molecule has 1 aliphatic heterocycles. The Morgan fingerprint density at radius 3 is 3.06 bits per heavy atom. The molecule has 1 unspecified atom stereocenters. The molecule has 94 valence electrons. The fourth-order valence-corrected chi connectivity index (χ4v) is 1.91. The topological polar surface area (TPSA) is 43.4 Å². The van der Waals surface area contributed by atoms with Crippen molar-refractivity contribution in [1.82, 2.24) is 10.3 Å². The third kappa shape index (κ3) is 3.98. The normalized spacial score (nSPS) is 20.2. The molecule has 1 aliphatic rings. The Morgan fingerprint density at radius 2 is 2.41 bits per heavy atom. The summed E-state index contributed by atoms with van der Waals surface area (Å²) in [5, 5.41) is 3.06. The second-order valence-electron chi connectivity index (χ2n) is 4.32. The standard InChI is InChI=1S/C13H20N2O2/c1-14-8-11-5-6-12(9-15-11)17-10-13-4-2-3-7-16-13/h5-6,9,13-14H,2-4,7-8,10H2,1H3. The molecule has 1 N–H and O–H groups in total. The summed E-state index contributed by atoms with van der Waals surface area (Å²) in [6.07, 6.45) is 5.55. The maximum absolute atomic E-state index is 5.67. The molecule has 0 saturated carbocycles. The SMILES string of the molecule is CNCc1ccc(OCC2CCCCO2)cn1. The lowest BCUT2D eigenvalue weighted by molar-refractivity contribution is -0.0111. The average molecular weight is 236 g/mol. The van der Waals surface area contributed by atoms with E-state index in [1.54, 1.807) is 6.20 Å². The van der Waals surface area contributed by atoms with Crippen LogP contribution in [-0.4, -0.2) is 31.3 Å². The van der Waals surface area contributed by atoms with E-state index < -0.39 is 0 Å². The Morgan fingerprint density at radius 1 is 1.47 bits per heavy atom. The summed E-state index contributed by atoms with van der Waals surface area (Å²) < 4.78 is 11.3. The Labute approximate surface area is 102 Å². The highest BCUT2D eigenvalue weighted by atomic mass is 16.5. The molecule has 0 spiro atoms. The van der Waals surface area contributed by atoms with E-state index in [9.17, 15) is 0 Å². The molecule has 0 aliphatic carbocycles. The van der Waals surface area contributed by atoms with Crippen LogP contribution in [0.3, 0.4) is 0 Å². The van der Waals surface area contributed by atoms with E-state index in [2.05, 4.69) is 10.3 Å². The van der Waals surface area contributed by atoms with Crippen molar-refractivity contribution in [3.63, 3.8) is 0 Å². The second kappa shape index (κ2) is 6.57. The second-order valence-corrected chi connectivity index (χ2v) is 4.32. The van der Waals surface area contributed by atoms with Crippen LogP contribution in [0.5, 0.6) is 5.75 Å². The van der Waals surface area contributed by atoms with E-state index >= 15 is 0 Å². The van der Waals surface area contributed by atoms with Crippen molar-refractivity contribution < 1.29 is 9.47 Å².